The van der Waals surface area contributed by atoms with Crippen LogP contribution in [0.4, 0.5) is 0 Å². The molecule has 0 spiro atoms. The molecular weight excluding hydrogens is 1490 g/mol. The van der Waals surface area contributed by atoms with E-state index in [1.54, 1.807) is 146 Å². The lowest BCUT2D eigenvalue weighted by molar-refractivity contribution is -0.192. The Morgan fingerprint density at radius 3 is 0.825 bits per heavy atom. The Hall–Kier alpha value is -13.4. The maximum atomic E-state index is 13.9. The van der Waals surface area contributed by atoms with Gasteiger partial charge >= 0.3 is 35.8 Å². The lowest BCUT2D eigenvalue weighted by Crippen LogP contribution is -2.35. The van der Waals surface area contributed by atoms with Crippen LogP contribution in [0.25, 0.3) is 16.7 Å². The topological polar surface area (TPSA) is 374 Å². The first-order valence-electron chi connectivity index (χ1n) is 34.4. The molecule has 5 unspecified atom stereocenters. The van der Waals surface area contributed by atoms with Crippen LogP contribution < -0.4 is 28.4 Å². The lowest BCUT2D eigenvalue weighted by Gasteiger charge is -2.27. The number of carbonyl (C=O) groups excluding carboxylic acids is 6. The van der Waals surface area contributed by atoms with Gasteiger partial charge in [0.05, 0.1) is 100.0 Å². The van der Waals surface area contributed by atoms with E-state index in [0.717, 1.165) is 6.26 Å². The van der Waals surface area contributed by atoms with Crippen LogP contribution in [-0.4, -0.2) is 189 Å². The third-order valence-corrected chi connectivity index (χ3v) is 16.4. The highest BCUT2D eigenvalue weighted by Crippen LogP contribution is 2.41. The van der Waals surface area contributed by atoms with Gasteiger partial charge in [-0.3, -0.25) is 14.4 Å². The average Bonchev–Trinajstić information content (AvgIpc) is 0.816. The van der Waals surface area contributed by atoms with E-state index in [4.69, 9.17) is 99.5 Å². The zero-order chi connectivity index (χ0) is 81.3. The fraction of sp³-hybridized carbons (Fsp3) is 0.259. The highest BCUT2D eigenvalue weighted by Gasteiger charge is 2.38. The van der Waals surface area contributed by atoms with Crippen LogP contribution in [0.1, 0.15) is 51.1 Å². The quantitative estimate of drug-likeness (QED) is 0.00856. The Balaban J connectivity index is 0.838. The normalized spacial score (nSPS) is 12.8. The molecule has 33 nitrogen and oxygen atoms in total. The van der Waals surface area contributed by atoms with Gasteiger partial charge in [0.15, 0.2) is 18.9 Å². The number of methoxy groups -OCH3 is 11. The molecule has 0 aliphatic rings. The van der Waals surface area contributed by atoms with E-state index in [-0.39, 0.29) is 135 Å². The van der Waals surface area contributed by atoms with Gasteiger partial charge in [0, 0.05) is 61.8 Å². The highest BCUT2D eigenvalue weighted by atomic mass is 16.7. The van der Waals surface area contributed by atoms with Crippen molar-refractivity contribution in [3.8, 4) is 69.8 Å². The number of hydrogen-bond donors (Lipinski definition) is 0. The molecule has 0 bridgehead atoms. The Bertz CT molecular complexity index is 4840. The molecule has 0 N–H and O–H groups in total. The fourth-order valence-corrected chi connectivity index (χ4v) is 11.1. The smallest absolute Gasteiger partial charge is 0.341 e. The number of ether oxygens (including phenoxy) is 21. The van der Waals surface area contributed by atoms with Crippen molar-refractivity contribution < 1.29 is 128 Å². The summed E-state index contributed by atoms with van der Waals surface area (Å²) < 4.78 is 120. The summed E-state index contributed by atoms with van der Waals surface area (Å²) in [5, 5.41) is 0. The first kappa shape index (κ1) is 84.6. The maximum absolute atomic E-state index is 13.9. The van der Waals surface area contributed by atoms with E-state index in [1.807, 2.05) is 0 Å². The van der Waals surface area contributed by atoms with E-state index in [1.165, 1.54) is 128 Å². The SMILES string of the molecule is CO/C=C(/C(=O)OC)c1ccccc1Oc1cc(Oc2ccccc2/C(=C\OCCO/C=C(/C(=O)OC)c2ccccc2Oc2cc(Oc3ccccc3C(C(=O)OC)C(OC)OCCOC(OC)C(C(=O)OC)c3ccccc3Oc3cc(Oc4ccccc4C(C(=O)OC)C(OC)OC)ncn3)ncn2)C(=O)OC)ncn1. The minimum absolute atomic E-state index is 0.00363. The molecule has 9 rings (SSSR count). The number of rotatable bonds is 42. The Morgan fingerprint density at radius 1 is 0.298 bits per heavy atom. The van der Waals surface area contributed by atoms with Gasteiger partial charge in [-0.15, -0.1) is 0 Å². The molecule has 0 fully saturated rings. The van der Waals surface area contributed by atoms with Crippen molar-refractivity contribution in [2.24, 2.45) is 0 Å². The number of carbonyl (C=O) groups is 6. The molecule has 0 radical (unpaired) electrons. The van der Waals surface area contributed by atoms with Gasteiger partial charge in [0.25, 0.3) is 0 Å². The van der Waals surface area contributed by atoms with Gasteiger partial charge in [0.2, 0.25) is 35.3 Å². The highest BCUT2D eigenvalue weighted by molar-refractivity contribution is 6.18. The Morgan fingerprint density at radius 2 is 0.553 bits per heavy atom. The molecule has 3 aromatic heterocycles. The molecule has 0 aliphatic carbocycles. The summed E-state index contributed by atoms with van der Waals surface area (Å²) in [5.41, 5.74) is 1.68. The molecule has 6 aromatic carbocycles. The predicted octanol–water partition coefficient (Wildman–Crippen LogP) is 11.8. The van der Waals surface area contributed by atoms with Crippen molar-refractivity contribution in [1.82, 2.24) is 29.9 Å². The summed E-state index contributed by atoms with van der Waals surface area (Å²) in [5.74, 6) is -7.04. The van der Waals surface area contributed by atoms with Gasteiger partial charge in [-0.2, -0.15) is 0 Å². The molecule has 33 heteroatoms. The van der Waals surface area contributed by atoms with Gasteiger partial charge in [-0.25, -0.2) is 44.3 Å². The molecule has 5 atom stereocenters. The molecule has 0 amide bonds. The maximum Gasteiger partial charge on any atom is 0.341 e. The number of aromatic nitrogens is 6. The van der Waals surface area contributed by atoms with E-state index >= 15 is 0 Å². The molecule has 9 aromatic rings. The van der Waals surface area contributed by atoms with Gasteiger partial charge in [0.1, 0.15) is 101 Å². The van der Waals surface area contributed by atoms with Gasteiger partial charge in [-0.1, -0.05) is 109 Å². The summed E-state index contributed by atoms with van der Waals surface area (Å²) >= 11 is 0. The summed E-state index contributed by atoms with van der Waals surface area (Å²) in [6.07, 6.45) is 3.44. The Kier molecular flexibility index (Phi) is 32.1. The van der Waals surface area contributed by atoms with Gasteiger partial charge < -0.3 is 99.5 Å². The van der Waals surface area contributed by atoms with Crippen LogP contribution in [0, 0.1) is 0 Å². The minimum Gasteiger partial charge on any atom is -0.503 e. The van der Waals surface area contributed by atoms with Crippen LogP contribution in [-0.2, 0) is 99.8 Å². The minimum atomic E-state index is -1.35. The molecule has 0 saturated carbocycles. The van der Waals surface area contributed by atoms with E-state index in [0.29, 0.717) is 11.1 Å². The first-order valence-corrected chi connectivity index (χ1v) is 34.4. The van der Waals surface area contributed by atoms with Crippen LogP contribution in [0.5, 0.6) is 69.8 Å². The Labute approximate surface area is 654 Å². The van der Waals surface area contributed by atoms with E-state index in [9.17, 15) is 28.8 Å². The second-order valence-corrected chi connectivity index (χ2v) is 23.1. The number of benzene rings is 6. The van der Waals surface area contributed by atoms with Crippen LogP contribution in [0.3, 0.4) is 0 Å². The number of nitrogens with zero attached hydrogens (tertiary/aromatic N) is 6. The van der Waals surface area contributed by atoms with Crippen molar-refractivity contribution in [3.05, 3.63) is 235 Å². The second-order valence-electron chi connectivity index (χ2n) is 23.1. The van der Waals surface area contributed by atoms with Crippen molar-refractivity contribution in [2.75, 3.05) is 105 Å². The summed E-state index contributed by atoms with van der Waals surface area (Å²) in [6.45, 7) is -0.813. The van der Waals surface area contributed by atoms with E-state index in [2.05, 4.69) is 29.9 Å². The van der Waals surface area contributed by atoms with Crippen LogP contribution in [0.15, 0.2) is 202 Å². The zero-order valence-corrected chi connectivity index (χ0v) is 63.6. The molecular formula is C81H80N6O27. The number of esters is 6. The summed E-state index contributed by atoms with van der Waals surface area (Å²) in [7, 11) is 14.1. The van der Waals surface area contributed by atoms with Crippen molar-refractivity contribution >= 4 is 52.5 Å². The van der Waals surface area contributed by atoms with Gasteiger partial charge in [-0.05, 0) is 36.4 Å². The zero-order valence-electron chi connectivity index (χ0n) is 63.6. The standard InChI is InChI=1S/C81H80N6O27/c1-94-43-55(73(88)95-2)49-24-12-18-30-58(49)109-64-40-65(83-46-82-64)110-59-31-19-13-25-50(59)56(74(89)96-3)44-105-36-37-106-45-57(75(90)97-4)51-26-14-20-32-60(51)111-66-41-67(85-47-84-66)113-62-34-22-16-28-53(62)71(77(92)99-6)80(103-10)107-38-39-108-81(104-11)72(78(93)100-7)54-29-17-23-35-63(54)114-69-42-68(86-48-87-69)112-61-33-21-15-27-52(61)70(76(91)98-5)79(101-8)102-9/h12-35,40-48,70-72,79-81H,36-39H2,1-11H3/b55-43+,56-44+,57-45+. The van der Waals surface area contributed by atoms with E-state index < -0.39 is 72.4 Å². The largest absolute Gasteiger partial charge is 0.503 e. The van der Waals surface area contributed by atoms with Crippen molar-refractivity contribution in [2.45, 2.75) is 36.6 Å². The van der Waals surface area contributed by atoms with Crippen molar-refractivity contribution in [3.63, 3.8) is 0 Å². The molecule has 114 heavy (non-hydrogen) atoms. The van der Waals surface area contributed by atoms with Crippen molar-refractivity contribution in [1.29, 1.82) is 0 Å². The summed E-state index contributed by atoms with van der Waals surface area (Å²) in [4.78, 5) is 106. The second kappa shape index (κ2) is 43.2. The van der Waals surface area contributed by atoms with Crippen LogP contribution in [0.2, 0.25) is 0 Å². The predicted molar refractivity (Wildman–Crippen MR) is 400 cm³/mol. The third-order valence-electron chi connectivity index (χ3n) is 16.4. The number of hydrogen-bond acceptors (Lipinski definition) is 33. The number of para-hydroxylation sites is 6. The fourth-order valence-electron chi connectivity index (χ4n) is 11.1. The average molecular weight is 1570 g/mol. The lowest BCUT2D eigenvalue weighted by atomic mass is 9.97. The first-order chi connectivity index (χ1) is 55.6. The molecule has 3 heterocycles. The monoisotopic (exact) mass is 1570 g/mol. The molecule has 596 valence electrons. The molecule has 0 aliphatic heterocycles. The summed E-state index contributed by atoms with van der Waals surface area (Å²) in [6, 6.07) is 43.6. The molecule has 0 saturated heterocycles. The third kappa shape index (κ3) is 22.2. The van der Waals surface area contributed by atoms with Crippen LogP contribution >= 0.6 is 0 Å².